The molecule has 1 atom stereocenters. The second-order valence-electron chi connectivity index (χ2n) is 1.80. The van der Waals surface area contributed by atoms with Gasteiger partial charge in [-0.2, -0.15) is 0 Å². The van der Waals surface area contributed by atoms with E-state index in [-0.39, 0.29) is 29.6 Å². The number of hydrogen-bond donors (Lipinski definition) is 0. The summed E-state index contributed by atoms with van der Waals surface area (Å²) >= 11 is 4.79. The van der Waals surface area contributed by atoms with E-state index in [9.17, 15) is 0 Å². The summed E-state index contributed by atoms with van der Waals surface area (Å²) in [4.78, 5) is 0. The van der Waals surface area contributed by atoms with Gasteiger partial charge in [0.1, 0.15) is 0 Å². The van der Waals surface area contributed by atoms with Gasteiger partial charge in [-0.1, -0.05) is 0 Å². The third kappa shape index (κ3) is 2.74. The van der Waals surface area contributed by atoms with E-state index in [1.807, 2.05) is 0 Å². The van der Waals surface area contributed by atoms with Crippen LogP contribution < -0.4 is 29.6 Å². The zero-order chi connectivity index (χ0) is 5.11. The van der Waals surface area contributed by atoms with Crippen LogP contribution in [0.5, 0.6) is 0 Å². The Morgan fingerprint density at radius 3 is 2.62 bits per heavy atom. The van der Waals surface area contributed by atoms with E-state index in [0.29, 0.717) is 6.10 Å². The van der Waals surface area contributed by atoms with E-state index in [1.54, 1.807) is 0 Å². The molecule has 0 aromatic carbocycles. The molecule has 1 heterocycles. The Labute approximate surface area is 77.9 Å². The van der Waals surface area contributed by atoms with E-state index in [2.05, 4.69) is 0 Å². The third-order valence-electron chi connectivity index (χ3n) is 1.21. The Bertz CT molecular complexity index is 54.4. The molecule has 0 amide bonds. The normalized spacial score (nSPS) is 27.4. The van der Waals surface area contributed by atoms with Gasteiger partial charge >= 0.3 is 29.6 Å². The average Bonchev–Trinajstić information content (AvgIpc) is 2.14. The average molecular weight is 140 g/mol. The topological polar surface area (TPSA) is 9.23 Å². The Morgan fingerprint density at radius 2 is 2.38 bits per heavy atom. The minimum absolute atomic E-state index is 0. The van der Waals surface area contributed by atoms with Crippen molar-refractivity contribution in [2.75, 3.05) is 12.4 Å². The molecule has 1 nitrogen and oxygen atoms in total. The molecule has 42 valence electrons. The first-order valence-corrected chi connectivity index (χ1v) is 3.21. The summed E-state index contributed by atoms with van der Waals surface area (Å²) in [7, 11) is 0. The van der Waals surface area contributed by atoms with Crippen molar-refractivity contribution < 1.29 is 34.3 Å². The van der Waals surface area contributed by atoms with Crippen molar-refractivity contribution in [1.82, 2.24) is 0 Å². The second-order valence-corrected chi connectivity index (χ2v) is 2.14. The Balaban J connectivity index is 0.000000490. The van der Waals surface area contributed by atoms with E-state index >= 15 is 0 Å². The molecule has 0 aromatic rings. The smallest absolute Gasteiger partial charge is 0.790 e. The van der Waals surface area contributed by atoms with Crippen LogP contribution in [0.3, 0.4) is 0 Å². The largest absolute Gasteiger partial charge is 1.00 e. The van der Waals surface area contributed by atoms with Crippen LogP contribution in [-0.4, -0.2) is 18.5 Å². The van der Waals surface area contributed by atoms with Crippen molar-refractivity contribution in [2.24, 2.45) is 0 Å². The van der Waals surface area contributed by atoms with E-state index < -0.39 is 0 Å². The Kier molecular flexibility index (Phi) is 5.96. The van der Waals surface area contributed by atoms with Crippen LogP contribution in [0.25, 0.3) is 0 Å². The summed E-state index contributed by atoms with van der Waals surface area (Å²) in [6.07, 6.45) is 2.81. The monoisotopic (exact) mass is 140 g/mol. The fraction of sp³-hybridized carbons (Fsp3) is 1.00. The molecule has 1 rings (SSSR count). The molecule has 0 saturated carbocycles. The molecule has 0 bridgehead atoms. The Hall–Kier alpha value is 1.31. The van der Waals surface area contributed by atoms with Gasteiger partial charge in [0.05, 0.1) is 0 Å². The molecule has 3 heteroatoms. The molecule has 1 aliphatic heterocycles. The molecule has 0 aliphatic carbocycles. The molecule has 8 heavy (non-hydrogen) atoms. The van der Waals surface area contributed by atoms with Crippen LogP contribution >= 0.6 is 0 Å². The second kappa shape index (κ2) is 5.12. The SMILES string of the molecule is [Na+].[S-]CC1CCCO1. The zero-order valence-corrected chi connectivity index (χ0v) is 8.04. The molecule has 1 aliphatic rings. The molecule has 0 radical (unpaired) electrons. The predicted octanol–water partition coefficient (Wildman–Crippen LogP) is -2.28. The summed E-state index contributed by atoms with van der Waals surface area (Å²) in [5.74, 6) is 0.778. The summed E-state index contributed by atoms with van der Waals surface area (Å²) in [6, 6.07) is 0. The van der Waals surface area contributed by atoms with E-state index in [4.69, 9.17) is 17.4 Å². The number of rotatable bonds is 1. The minimum Gasteiger partial charge on any atom is -0.790 e. The van der Waals surface area contributed by atoms with Crippen LogP contribution in [-0.2, 0) is 17.4 Å². The molecule has 0 N–H and O–H groups in total. The molecule has 0 spiro atoms. The van der Waals surface area contributed by atoms with Crippen molar-refractivity contribution >= 4 is 12.6 Å². The van der Waals surface area contributed by atoms with Crippen LogP contribution in [0.15, 0.2) is 0 Å². The maximum Gasteiger partial charge on any atom is 1.00 e. The van der Waals surface area contributed by atoms with Crippen molar-refractivity contribution in [3.05, 3.63) is 0 Å². The molecule has 0 aromatic heterocycles. The first-order valence-electron chi connectivity index (χ1n) is 2.63. The van der Waals surface area contributed by atoms with Crippen LogP contribution in [0.4, 0.5) is 0 Å². The first-order chi connectivity index (χ1) is 3.43. The molecule has 1 unspecified atom stereocenters. The van der Waals surface area contributed by atoms with Gasteiger partial charge in [-0.25, -0.2) is 0 Å². The summed E-state index contributed by atoms with van der Waals surface area (Å²) in [6.45, 7) is 0.932. The van der Waals surface area contributed by atoms with Crippen molar-refractivity contribution in [3.8, 4) is 0 Å². The fourth-order valence-corrected chi connectivity index (χ4v) is 1.04. The van der Waals surface area contributed by atoms with Gasteiger partial charge in [-0.3, -0.25) is 0 Å². The van der Waals surface area contributed by atoms with E-state index in [0.717, 1.165) is 12.4 Å². The standard InChI is InChI=1S/C5H10OS.Na/c7-4-5-2-1-3-6-5;/h5,7H,1-4H2;/q;+1/p-1. The Morgan fingerprint density at radius 1 is 1.62 bits per heavy atom. The van der Waals surface area contributed by atoms with Gasteiger partial charge in [-0.05, 0) is 12.8 Å². The quantitative estimate of drug-likeness (QED) is 0.300. The maximum atomic E-state index is 5.20. The third-order valence-corrected chi connectivity index (χ3v) is 1.58. The number of hydrogen-bond acceptors (Lipinski definition) is 2. The van der Waals surface area contributed by atoms with Crippen LogP contribution in [0.1, 0.15) is 12.8 Å². The predicted molar refractivity (Wildman–Crippen MR) is 31.2 cm³/mol. The number of ether oxygens (including phenoxy) is 1. The molecule has 1 fully saturated rings. The molecular formula is C5H9NaOS. The van der Waals surface area contributed by atoms with Gasteiger partial charge in [0.2, 0.25) is 0 Å². The molecular weight excluding hydrogens is 131 g/mol. The van der Waals surface area contributed by atoms with Crippen LogP contribution in [0, 0.1) is 0 Å². The van der Waals surface area contributed by atoms with E-state index in [1.165, 1.54) is 12.8 Å². The van der Waals surface area contributed by atoms with Gasteiger partial charge in [0.15, 0.2) is 0 Å². The van der Waals surface area contributed by atoms with Crippen molar-refractivity contribution in [3.63, 3.8) is 0 Å². The van der Waals surface area contributed by atoms with Crippen molar-refractivity contribution in [1.29, 1.82) is 0 Å². The maximum absolute atomic E-state index is 5.20. The van der Waals surface area contributed by atoms with Gasteiger partial charge in [0.25, 0.3) is 0 Å². The summed E-state index contributed by atoms with van der Waals surface area (Å²) < 4.78 is 5.20. The molecule has 1 saturated heterocycles. The summed E-state index contributed by atoms with van der Waals surface area (Å²) in [5.41, 5.74) is 0. The minimum atomic E-state index is 0. The first kappa shape index (κ1) is 9.31. The van der Waals surface area contributed by atoms with Gasteiger partial charge in [0, 0.05) is 12.7 Å². The van der Waals surface area contributed by atoms with Crippen molar-refractivity contribution in [2.45, 2.75) is 18.9 Å². The fourth-order valence-electron chi connectivity index (χ4n) is 0.776. The van der Waals surface area contributed by atoms with Crippen LogP contribution in [0.2, 0.25) is 0 Å². The van der Waals surface area contributed by atoms with Gasteiger partial charge in [-0.15, -0.1) is 5.75 Å². The van der Waals surface area contributed by atoms with Gasteiger partial charge < -0.3 is 17.4 Å². The zero-order valence-electron chi connectivity index (χ0n) is 5.22. The summed E-state index contributed by atoms with van der Waals surface area (Å²) in [5, 5.41) is 0.